The molecular formula is C29H32F3N5O6. The first-order valence-electron chi connectivity index (χ1n) is 13.5. The third kappa shape index (κ3) is 8.23. The number of carbonyl (C=O) groups is 2. The quantitative estimate of drug-likeness (QED) is 0.247. The molecule has 2 aromatic carbocycles. The van der Waals surface area contributed by atoms with Gasteiger partial charge in [-0.05, 0) is 75.8 Å². The molecule has 1 aliphatic heterocycles. The Morgan fingerprint density at radius 3 is 2.49 bits per heavy atom. The molecule has 43 heavy (non-hydrogen) atoms. The molecule has 14 heteroatoms. The van der Waals surface area contributed by atoms with Crippen LogP contribution in [0.15, 0.2) is 52.0 Å². The molecule has 0 spiro atoms. The minimum Gasteiger partial charge on any atom is -0.497 e. The number of aryl methyl sites for hydroxylation is 2. The van der Waals surface area contributed by atoms with Gasteiger partial charge >= 0.3 is 18.4 Å². The fraction of sp³-hybridized carbons (Fsp3) is 0.414. The van der Waals surface area contributed by atoms with Gasteiger partial charge in [-0.2, -0.15) is 18.2 Å². The molecule has 0 bridgehead atoms. The van der Waals surface area contributed by atoms with Crippen molar-refractivity contribution < 1.29 is 41.9 Å². The third-order valence-corrected chi connectivity index (χ3v) is 6.58. The van der Waals surface area contributed by atoms with Crippen molar-refractivity contribution in [1.29, 1.82) is 0 Å². The summed E-state index contributed by atoms with van der Waals surface area (Å²) < 4.78 is 58.0. The Kier molecular flexibility index (Phi) is 9.26. The van der Waals surface area contributed by atoms with Gasteiger partial charge in [0.15, 0.2) is 0 Å². The summed E-state index contributed by atoms with van der Waals surface area (Å²) in [4.78, 5) is 33.3. The van der Waals surface area contributed by atoms with Crippen LogP contribution in [0.2, 0.25) is 0 Å². The van der Waals surface area contributed by atoms with Crippen molar-refractivity contribution in [3.8, 4) is 17.1 Å². The van der Waals surface area contributed by atoms with E-state index in [0.717, 1.165) is 11.6 Å². The molecule has 2 heterocycles. The Labute approximate surface area is 245 Å². The number of likely N-dealkylation sites (tertiary alicyclic amines) is 1. The van der Waals surface area contributed by atoms with Crippen molar-refractivity contribution in [2.75, 3.05) is 13.7 Å². The second-order valence-electron chi connectivity index (χ2n) is 10.9. The van der Waals surface area contributed by atoms with E-state index >= 15 is 0 Å². The number of methoxy groups -OCH3 is 1. The number of carbonyl (C=O) groups excluding carboxylic acids is 1. The van der Waals surface area contributed by atoms with Gasteiger partial charge < -0.3 is 24.0 Å². The van der Waals surface area contributed by atoms with E-state index in [-0.39, 0.29) is 35.2 Å². The summed E-state index contributed by atoms with van der Waals surface area (Å²) in [5.41, 5.74) is -0.563. The largest absolute Gasteiger partial charge is 0.497 e. The van der Waals surface area contributed by atoms with Gasteiger partial charge in [0.05, 0.1) is 12.7 Å². The van der Waals surface area contributed by atoms with Crippen molar-refractivity contribution in [3.63, 3.8) is 0 Å². The van der Waals surface area contributed by atoms with Crippen LogP contribution in [0.3, 0.4) is 0 Å². The predicted molar refractivity (Wildman–Crippen MR) is 149 cm³/mol. The number of rotatable bonds is 6. The molecule has 1 fully saturated rings. The van der Waals surface area contributed by atoms with Gasteiger partial charge in [0.25, 0.3) is 0 Å². The molecule has 3 aromatic rings. The number of benzene rings is 2. The fourth-order valence-electron chi connectivity index (χ4n) is 4.66. The molecule has 0 saturated carbocycles. The van der Waals surface area contributed by atoms with Crippen LogP contribution in [0.5, 0.6) is 5.75 Å². The summed E-state index contributed by atoms with van der Waals surface area (Å²) in [5.74, 6) is 0.346. The van der Waals surface area contributed by atoms with Crippen LogP contribution in [0, 0.1) is 0 Å². The van der Waals surface area contributed by atoms with E-state index in [1.807, 2.05) is 12.1 Å². The Balaban J connectivity index is 1.57. The Bertz CT molecular complexity index is 1480. The smallest absolute Gasteiger partial charge is 0.437 e. The number of ether oxygens (including phenoxy) is 2. The van der Waals surface area contributed by atoms with Gasteiger partial charge in [0.1, 0.15) is 17.4 Å². The molecule has 2 amide bonds. The first kappa shape index (κ1) is 31.3. The minimum absolute atomic E-state index is 0.0359. The lowest BCUT2D eigenvalue weighted by atomic mass is 9.97. The molecule has 1 unspecified atom stereocenters. The summed E-state index contributed by atoms with van der Waals surface area (Å²) in [6.45, 7) is 5.22. The highest BCUT2D eigenvalue weighted by atomic mass is 19.4. The lowest BCUT2D eigenvalue weighted by molar-refractivity contribution is -0.138. The van der Waals surface area contributed by atoms with Gasteiger partial charge in [-0.25, -0.2) is 9.59 Å². The zero-order valence-corrected chi connectivity index (χ0v) is 24.1. The molecule has 0 radical (unpaired) electrons. The standard InChI is InChI=1S/C29H32F3N5O6/c1-28(2,3)42-27(40)35-25(34-26(38)39)37-15-5-6-22(37)24-33-23(36-43-24)19-12-11-18(21(16-19)29(30,31)32)10-7-17-8-13-20(41-4)14-9-17/h8-9,11-14,16,22H,5-7,10,15H2,1-4H3,(H,38,39)(H,34,35,40). The Morgan fingerprint density at radius 2 is 1.86 bits per heavy atom. The van der Waals surface area contributed by atoms with Crippen LogP contribution in [-0.4, -0.2) is 57.5 Å². The van der Waals surface area contributed by atoms with Gasteiger partial charge in [-0.15, -0.1) is 4.99 Å². The number of hydrogen-bond donors (Lipinski definition) is 2. The van der Waals surface area contributed by atoms with E-state index in [2.05, 4.69) is 20.4 Å². The average Bonchev–Trinajstić information content (AvgIpc) is 3.60. The number of halogens is 3. The minimum atomic E-state index is -4.62. The molecule has 4 rings (SSSR count). The first-order chi connectivity index (χ1) is 20.2. The number of aliphatic imine (C=N–C) groups is 1. The summed E-state index contributed by atoms with van der Waals surface area (Å²) in [6.07, 6.45) is -5.51. The molecule has 11 nitrogen and oxygen atoms in total. The highest BCUT2D eigenvalue weighted by Gasteiger charge is 2.36. The molecule has 1 atom stereocenters. The zero-order valence-electron chi connectivity index (χ0n) is 24.1. The number of alkyl halides is 3. The fourth-order valence-corrected chi connectivity index (χ4v) is 4.66. The van der Waals surface area contributed by atoms with Crippen LogP contribution >= 0.6 is 0 Å². The normalized spacial score (nSPS) is 15.8. The van der Waals surface area contributed by atoms with E-state index in [0.29, 0.717) is 31.6 Å². The highest BCUT2D eigenvalue weighted by Crippen LogP contribution is 2.36. The van der Waals surface area contributed by atoms with Crippen LogP contribution in [0.25, 0.3) is 11.4 Å². The van der Waals surface area contributed by atoms with Gasteiger partial charge in [-0.1, -0.05) is 29.4 Å². The average molecular weight is 604 g/mol. The number of hydrogen-bond acceptors (Lipinski definition) is 7. The van der Waals surface area contributed by atoms with Crippen molar-refractivity contribution in [1.82, 2.24) is 20.4 Å². The second kappa shape index (κ2) is 12.7. The van der Waals surface area contributed by atoms with Gasteiger partial charge in [0.2, 0.25) is 17.7 Å². The SMILES string of the molecule is COc1ccc(CCc2ccc(-c3noc(C4CCCN4C(=NC(=O)OC(C)(C)C)NC(=O)O)n3)cc2C(F)(F)F)cc1. The molecule has 230 valence electrons. The van der Waals surface area contributed by atoms with Gasteiger partial charge in [0, 0.05) is 12.1 Å². The Hall–Kier alpha value is -4.62. The number of guanidine groups is 1. The maximum Gasteiger partial charge on any atom is 0.437 e. The molecule has 1 aromatic heterocycles. The summed E-state index contributed by atoms with van der Waals surface area (Å²) in [6, 6.07) is 10.3. The second-order valence-corrected chi connectivity index (χ2v) is 10.9. The molecule has 0 aliphatic carbocycles. The maximum atomic E-state index is 14.1. The van der Waals surface area contributed by atoms with Crippen molar-refractivity contribution >= 4 is 18.1 Å². The van der Waals surface area contributed by atoms with E-state index in [4.69, 9.17) is 14.0 Å². The lowest BCUT2D eigenvalue weighted by Crippen LogP contribution is -2.44. The van der Waals surface area contributed by atoms with E-state index in [1.54, 1.807) is 32.9 Å². The van der Waals surface area contributed by atoms with Crippen LogP contribution in [-0.2, 0) is 23.8 Å². The number of aromatic nitrogens is 2. The predicted octanol–water partition coefficient (Wildman–Crippen LogP) is 6.24. The van der Waals surface area contributed by atoms with Crippen LogP contribution < -0.4 is 10.1 Å². The van der Waals surface area contributed by atoms with E-state index < -0.39 is 35.6 Å². The van der Waals surface area contributed by atoms with Crippen molar-refractivity contribution in [3.05, 3.63) is 65.0 Å². The van der Waals surface area contributed by atoms with Crippen molar-refractivity contribution in [2.24, 2.45) is 4.99 Å². The summed E-state index contributed by atoms with van der Waals surface area (Å²) >= 11 is 0. The van der Waals surface area contributed by atoms with Crippen LogP contribution in [0.4, 0.5) is 22.8 Å². The van der Waals surface area contributed by atoms with E-state index in [1.165, 1.54) is 24.1 Å². The topological polar surface area (TPSA) is 139 Å². The first-order valence-corrected chi connectivity index (χ1v) is 13.5. The highest BCUT2D eigenvalue weighted by molar-refractivity contribution is 5.98. The number of nitrogens with one attached hydrogen (secondary N) is 1. The third-order valence-electron chi connectivity index (χ3n) is 6.58. The molecule has 1 aliphatic rings. The van der Waals surface area contributed by atoms with Crippen molar-refractivity contribution in [2.45, 2.75) is 64.3 Å². The van der Waals surface area contributed by atoms with Gasteiger partial charge in [-0.3, -0.25) is 5.32 Å². The Morgan fingerprint density at radius 1 is 1.14 bits per heavy atom. The number of carboxylic acid groups (broad SMARTS) is 1. The molecule has 1 saturated heterocycles. The molecule has 2 N–H and O–H groups in total. The maximum absolute atomic E-state index is 14.1. The summed E-state index contributed by atoms with van der Waals surface area (Å²) in [7, 11) is 1.54. The number of nitrogens with zero attached hydrogens (tertiary/aromatic N) is 4. The monoisotopic (exact) mass is 603 g/mol. The molecular weight excluding hydrogens is 571 g/mol. The lowest BCUT2D eigenvalue weighted by Gasteiger charge is -2.25. The number of amides is 2. The van der Waals surface area contributed by atoms with E-state index in [9.17, 15) is 27.9 Å². The zero-order chi connectivity index (χ0) is 31.4. The van der Waals surface area contributed by atoms with Crippen LogP contribution in [0.1, 0.15) is 62.2 Å². The summed E-state index contributed by atoms with van der Waals surface area (Å²) in [5, 5.41) is 15.3.